The summed E-state index contributed by atoms with van der Waals surface area (Å²) < 4.78 is 8.95. The minimum atomic E-state index is -1.04. The fraction of sp³-hybridized carbons (Fsp3) is 0.111. The van der Waals surface area contributed by atoms with Crippen LogP contribution in [0, 0.1) is 6.92 Å². The van der Waals surface area contributed by atoms with Crippen molar-refractivity contribution in [3.63, 3.8) is 0 Å². The molecule has 7 heteroatoms. The maximum atomic E-state index is 12.8. The quantitative estimate of drug-likeness (QED) is 0.293. The standard InChI is InChI=1S/C27H23BrN2O4/c1-18-10-12-24(30(18)16-26(31)29-22-9-5-8-20(14-22)27(32)33)23-15-21(28)11-13-25(23)34-17-19-6-3-2-4-7-19/h2-15H,16-17H2,1H3,(H,29,31)(H,32,33). The van der Waals surface area contributed by atoms with E-state index in [1.54, 1.807) is 12.1 Å². The van der Waals surface area contributed by atoms with Crippen molar-refractivity contribution in [3.8, 4) is 17.0 Å². The average molecular weight is 519 g/mol. The number of carboxylic acid groups (broad SMARTS) is 1. The second-order valence-corrected chi connectivity index (χ2v) is 8.71. The third kappa shape index (κ3) is 5.55. The van der Waals surface area contributed by atoms with Crippen LogP contribution >= 0.6 is 15.9 Å². The minimum absolute atomic E-state index is 0.0656. The Kier molecular flexibility index (Phi) is 7.13. The molecule has 4 rings (SSSR count). The van der Waals surface area contributed by atoms with E-state index in [1.165, 1.54) is 12.1 Å². The van der Waals surface area contributed by atoms with Gasteiger partial charge in [0.25, 0.3) is 0 Å². The first-order valence-electron chi connectivity index (χ1n) is 10.7. The van der Waals surface area contributed by atoms with Gasteiger partial charge in [0.2, 0.25) is 5.91 Å². The second kappa shape index (κ2) is 10.4. The number of benzene rings is 3. The predicted molar refractivity (Wildman–Crippen MR) is 135 cm³/mol. The first-order chi connectivity index (χ1) is 16.4. The van der Waals surface area contributed by atoms with Crippen molar-refractivity contribution >= 4 is 33.5 Å². The van der Waals surface area contributed by atoms with Gasteiger partial charge in [-0.25, -0.2) is 4.79 Å². The summed E-state index contributed by atoms with van der Waals surface area (Å²) in [4.78, 5) is 24.1. The van der Waals surface area contributed by atoms with E-state index in [1.807, 2.05) is 72.2 Å². The molecule has 0 bridgehead atoms. The number of aryl methyl sites for hydroxylation is 1. The van der Waals surface area contributed by atoms with Crippen molar-refractivity contribution in [2.24, 2.45) is 0 Å². The van der Waals surface area contributed by atoms with Crippen LogP contribution in [0.4, 0.5) is 5.69 Å². The van der Waals surface area contributed by atoms with Gasteiger partial charge in [0.15, 0.2) is 0 Å². The molecule has 0 aliphatic rings. The van der Waals surface area contributed by atoms with E-state index in [4.69, 9.17) is 4.74 Å². The van der Waals surface area contributed by atoms with Crippen LogP contribution in [0.15, 0.2) is 89.4 Å². The lowest BCUT2D eigenvalue weighted by Gasteiger charge is -2.16. The van der Waals surface area contributed by atoms with E-state index < -0.39 is 5.97 Å². The third-order valence-corrected chi connectivity index (χ3v) is 5.84. The monoisotopic (exact) mass is 518 g/mol. The molecule has 6 nitrogen and oxygen atoms in total. The average Bonchev–Trinajstić information content (AvgIpc) is 3.18. The van der Waals surface area contributed by atoms with Crippen LogP contribution in [0.3, 0.4) is 0 Å². The molecule has 3 aromatic carbocycles. The Morgan fingerprint density at radius 1 is 0.971 bits per heavy atom. The number of hydrogen-bond acceptors (Lipinski definition) is 3. The van der Waals surface area contributed by atoms with Crippen LogP contribution in [0.2, 0.25) is 0 Å². The fourth-order valence-electron chi connectivity index (χ4n) is 3.65. The molecule has 4 aromatic rings. The van der Waals surface area contributed by atoms with Crippen molar-refractivity contribution in [1.82, 2.24) is 4.57 Å². The van der Waals surface area contributed by atoms with Crippen molar-refractivity contribution in [2.75, 3.05) is 5.32 Å². The maximum absolute atomic E-state index is 12.8. The molecule has 1 aromatic heterocycles. The lowest BCUT2D eigenvalue weighted by Crippen LogP contribution is -2.20. The summed E-state index contributed by atoms with van der Waals surface area (Å²) >= 11 is 3.54. The number of anilines is 1. The Labute approximate surface area is 205 Å². The number of rotatable bonds is 8. The molecular formula is C27H23BrN2O4. The molecule has 0 radical (unpaired) electrons. The lowest BCUT2D eigenvalue weighted by atomic mass is 10.1. The number of aromatic nitrogens is 1. The van der Waals surface area contributed by atoms with Crippen molar-refractivity contribution in [3.05, 3.63) is 106 Å². The molecule has 0 aliphatic heterocycles. The molecule has 0 saturated carbocycles. The zero-order valence-corrected chi connectivity index (χ0v) is 20.1. The van der Waals surface area contributed by atoms with Gasteiger partial charge in [0, 0.05) is 21.4 Å². The Morgan fingerprint density at radius 2 is 1.76 bits per heavy atom. The van der Waals surface area contributed by atoms with Crippen LogP contribution in [-0.2, 0) is 17.9 Å². The van der Waals surface area contributed by atoms with Gasteiger partial charge < -0.3 is 19.7 Å². The smallest absolute Gasteiger partial charge is 0.335 e. The van der Waals surface area contributed by atoms with Gasteiger partial charge in [-0.2, -0.15) is 0 Å². The Bertz CT molecular complexity index is 1330. The number of carbonyl (C=O) groups excluding carboxylic acids is 1. The third-order valence-electron chi connectivity index (χ3n) is 5.35. The molecule has 2 N–H and O–H groups in total. The summed E-state index contributed by atoms with van der Waals surface area (Å²) in [7, 11) is 0. The highest BCUT2D eigenvalue weighted by atomic mass is 79.9. The number of amides is 1. The van der Waals surface area contributed by atoms with E-state index >= 15 is 0 Å². The molecule has 0 spiro atoms. The number of ether oxygens (including phenoxy) is 1. The van der Waals surface area contributed by atoms with Crippen molar-refractivity contribution in [2.45, 2.75) is 20.1 Å². The number of hydrogen-bond donors (Lipinski definition) is 2. The van der Waals surface area contributed by atoms with E-state index in [0.717, 1.165) is 27.0 Å². The number of aromatic carboxylic acids is 1. The Hall–Kier alpha value is -3.84. The molecular weight excluding hydrogens is 496 g/mol. The van der Waals surface area contributed by atoms with Gasteiger partial charge in [0.05, 0.1) is 11.3 Å². The number of carbonyl (C=O) groups is 2. The number of carboxylic acids is 1. The summed E-state index contributed by atoms with van der Waals surface area (Å²) in [5, 5.41) is 12.0. The normalized spacial score (nSPS) is 10.6. The summed E-state index contributed by atoms with van der Waals surface area (Å²) in [5.41, 5.74) is 4.23. The van der Waals surface area contributed by atoms with E-state index in [-0.39, 0.29) is 18.0 Å². The second-order valence-electron chi connectivity index (χ2n) is 7.79. The summed E-state index contributed by atoms with van der Waals surface area (Å²) in [6, 6.07) is 25.8. The van der Waals surface area contributed by atoms with Crippen LogP contribution in [0.25, 0.3) is 11.3 Å². The van der Waals surface area contributed by atoms with Crippen molar-refractivity contribution in [1.29, 1.82) is 0 Å². The van der Waals surface area contributed by atoms with Crippen LogP contribution in [0.1, 0.15) is 21.6 Å². The van der Waals surface area contributed by atoms with E-state index in [0.29, 0.717) is 18.0 Å². The molecule has 0 atom stereocenters. The van der Waals surface area contributed by atoms with E-state index in [2.05, 4.69) is 21.2 Å². The van der Waals surface area contributed by atoms with Gasteiger partial charge in [0.1, 0.15) is 18.9 Å². The zero-order chi connectivity index (χ0) is 24.1. The maximum Gasteiger partial charge on any atom is 0.335 e. The van der Waals surface area contributed by atoms with Gasteiger partial charge in [-0.05, 0) is 61.0 Å². The molecule has 34 heavy (non-hydrogen) atoms. The van der Waals surface area contributed by atoms with Crippen LogP contribution in [-0.4, -0.2) is 21.6 Å². The van der Waals surface area contributed by atoms with E-state index in [9.17, 15) is 14.7 Å². The number of nitrogens with zero attached hydrogens (tertiary/aromatic N) is 1. The summed E-state index contributed by atoms with van der Waals surface area (Å²) in [6.45, 7) is 2.43. The number of halogens is 1. The Morgan fingerprint density at radius 3 is 2.53 bits per heavy atom. The number of nitrogens with one attached hydrogen (secondary N) is 1. The molecule has 1 heterocycles. The Balaban J connectivity index is 1.58. The molecule has 0 saturated heterocycles. The predicted octanol–water partition coefficient (Wildman–Crippen LogP) is 6.14. The highest BCUT2D eigenvalue weighted by Gasteiger charge is 2.16. The largest absolute Gasteiger partial charge is 0.488 e. The lowest BCUT2D eigenvalue weighted by molar-refractivity contribution is -0.116. The highest BCUT2D eigenvalue weighted by Crippen LogP contribution is 2.34. The van der Waals surface area contributed by atoms with Crippen molar-refractivity contribution < 1.29 is 19.4 Å². The molecule has 0 aliphatic carbocycles. The van der Waals surface area contributed by atoms with Gasteiger partial charge >= 0.3 is 5.97 Å². The highest BCUT2D eigenvalue weighted by molar-refractivity contribution is 9.10. The molecule has 172 valence electrons. The van der Waals surface area contributed by atoms with Gasteiger partial charge in [-0.3, -0.25) is 4.79 Å². The molecule has 0 unspecified atom stereocenters. The minimum Gasteiger partial charge on any atom is -0.488 e. The van der Waals surface area contributed by atoms with Gasteiger partial charge in [-0.1, -0.05) is 52.3 Å². The SMILES string of the molecule is Cc1ccc(-c2cc(Br)ccc2OCc2ccccc2)n1CC(=O)Nc1cccc(C(=O)O)c1. The van der Waals surface area contributed by atoms with Crippen LogP contribution < -0.4 is 10.1 Å². The summed E-state index contributed by atoms with van der Waals surface area (Å²) in [6.07, 6.45) is 0. The summed E-state index contributed by atoms with van der Waals surface area (Å²) in [5.74, 6) is -0.594. The van der Waals surface area contributed by atoms with Gasteiger partial charge in [-0.15, -0.1) is 0 Å². The molecule has 1 amide bonds. The fourth-order valence-corrected chi connectivity index (χ4v) is 4.01. The zero-order valence-electron chi connectivity index (χ0n) is 18.5. The molecule has 0 fully saturated rings. The first-order valence-corrected chi connectivity index (χ1v) is 11.5. The van der Waals surface area contributed by atoms with Crippen LogP contribution in [0.5, 0.6) is 5.75 Å². The first kappa shape index (κ1) is 23.3. The topological polar surface area (TPSA) is 80.6 Å².